The molecule has 1 aliphatic carbocycles. The largest absolute Gasteiger partial charge is 0.497 e. The Morgan fingerprint density at radius 2 is 1.65 bits per heavy atom. The summed E-state index contributed by atoms with van der Waals surface area (Å²) in [6.07, 6.45) is 0.732. The number of hydrogen-bond acceptors (Lipinski definition) is 5. The number of nitrogens with zero attached hydrogens (tertiary/aromatic N) is 2. The van der Waals surface area contributed by atoms with Gasteiger partial charge in [-0.1, -0.05) is 23.7 Å². The van der Waals surface area contributed by atoms with Crippen molar-refractivity contribution in [3.8, 4) is 17.2 Å². The van der Waals surface area contributed by atoms with Crippen LogP contribution >= 0.6 is 11.6 Å². The van der Waals surface area contributed by atoms with Gasteiger partial charge in [-0.3, -0.25) is 0 Å². The van der Waals surface area contributed by atoms with Gasteiger partial charge in [-0.25, -0.2) is 9.80 Å². The molecule has 0 spiro atoms. The summed E-state index contributed by atoms with van der Waals surface area (Å²) in [6.45, 7) is 0. The number of hydrogen-bond donors (Lipinski definition) is 1. The second kappa shape index (κ2) is 8.91. The molecule has 174 valence electrons. The van der Waals surface area contributed by atoms with E-state index in [1.165, 1.54) is 5.01 Å². The molecule has 2 atom stereocenters. The number of carbonyl (C=O) groups excluding carboxylic acids is 1. The molecule has 1 aliphatic heterocycles. The van der Waals surface area contributed by atoms with Gasteiger partial charge in [0.05, 0.1) is 33.1 Å². The van der Waals surface area contributed by atoms with Gasteiger partial charge in [-0.2, -0.15) is 5.10 Å². The Labute approximate surface area is 202 Å². The number of benzene rings is 3. The van der Waals surface area contributed by atoms with Crippen molar-refractivity contribution < 1.29 is 19.0 Å². The molecule has 7 nitrogen and oxygen atoms in total. The zero-order valence-corrected chi connectivity index (χ0v) is 19.8. The molecule has 0 fully saturated rings. The number of rotatable bonds is 5. The average Bonchev–Trinajstić information content (AvgIpc) is 3.40. The number of carbonyl (C=O) groups is 1. The minimum absolute atomic E-state index is 0.00354. The molecule has 0 bridgehead atoms. The number of fused-ring (bicyclic) bond motifs is 3. The molecule has 5 rings (SSSR count). The molecule has 2 unspecified atom stereocenters. The van der Waals surface area contributed by atoms with Gasteiger partial charge in [0.15, 0.2) is 11.5 Å². The van der Waals surface area contributed by atoms with Crippen LogP contribution in [0.25, 0.3) is 0 Å². The maximum absolute atomic E-state index is 13.4. The summed E-state index contributed by atoms with van der Waals surface area (Å²) in [4.78, 5) is 13.4. The first-order valence-corrected chi connectivity index (χ1v) is 11.2. The molecule has 0 saturated carbocycles. The van der Waals surface area contributed by atoms with Crippen LogP contribution in [0.5, 0.6) is 17.2 Å². The quantitative estimate of drug-likeness (QED) is 0.524. The number of urea groups is 1. The fraction of sp³-hybridized carbons (Fsp3) is 0.231. The predicted molar refractivity (Wildman–Crippen MR) is 131 cm³/mol. The first-order chi connectivity index (χ1) is 16.5. The smallest absolute Gasteiger partial charge is 0.342 e. The Hall–Kier alpha value is -3.71. The first-order valence-electron chi connectivity index (χ1n) is 10.9. The third-order valence-electron chi connectivity index (χ3n) is 6.30. The van der Waals surface area contributed by atoms with E-state index in [0.29, 0.717) is 22.2 Å². The van der Waals surface area contributed by atoms with Crippen molar-refractivity contribution in [1.29, 1.82) is 0 Å². The van der Waals surface area contributed by atoms with Crippen LogP contribution in [-0.4, -0.2) is 38.1 Å². The zero-order chi connectivity index (χ0) is 23.8. The van der Waals surface area contributed by atoms with Crippen LogP contribution in [0.2, 0.25) is 5.02 Å². The highest BCUT2D eigenvalue weighted by Gasteiger charge is 2.46. The molecular weight excluding hydrogens is 454 g/mol. The van der Waals surface area contributed by atoms with Gasteiger partial charge < -0.3 is 19.5 Å². The molecule has 3 aromatic carbocycles. The summed E-state index contributed by atoms with van der Waals surface area (Å²) < 4.78 is 16.3. The van der Waals surface area contributed by atoms with Crippen molar-refractivity contribution in [1.82, 2.24) is 5.01 Å². The number of anilines is 1. The Kier molecular flexibility index (Phi) is 5.79. The van der Waals surface area contributed by atoms with Gasteiger partial charge in [-0.05, 0) is 66.1 Å². The third kappa shape index (κ3) is 3.82. The molecule has 34 heavy (non-hydrogen) atoms. The van der Waals surface area contributed by atoms with Gasteiger partial charge in [0.1, 0.15) is 5.75 Å². The fourth-order valence-corrected chi connectivity index (χ4v) is 4.79. The van der Waals surface area contributed by atoms with Crippen molar-refractivity contribution in [3.63, 3.8) is 0 Å². The molecule has 0 radical (unpaired) electrons. The summed E-state index contributed by atoms with van der Waals surface area (Å²) in [5.41, 5.74) is 4.58. The number of ether oxygens (including phenoxy) is 3. The normalized spacial score (nSPS) is 18.1. The van der Waals surface area contributed by atoms with E-state index in [9.17, 15) is 4.79 Å². The van der Waals surface area contributed by atoms with E-state index >= 15 is 0 Å². The lowest BCUT2D eigenvalue weighted by atomic mass is 9.90. The van der Waals surface area contributed by atoms with Crippen molar-refractivity contribution >= 4 is 29.0 Å². The van der Waals surface area contributed by atoms with Gasteiger partial charge in [0.25, 0.3) is 0 Å². The molecule has 0 saturated heterocycles. The van der Waals surface area contributed by atoms with Gasteiger partial charge in [0.2, 0.25) is 0 Å². The van der Waals surface area contributed by atoms with E-state index < -0.39 is 0 Å². The molecule has 2 aliphatic rings. The Bertz CT molecular complexity index is 1260. The lowest BCUT2D eigenvalue weighted by Crippen LogP contribution is -2.34. The van der Waals surface area contributed by atoms with Crippen LogP contribution in [0.1, 0.15) is 22.7 Å². The Morgan fingerprint density at radius 1 is 0.971 bits per heavy atom. The minimum Gasteiger partial charge on any atom is -0.497 e. The van der Waals surface area contributed by atoms with Crippen LogP contribution in [0.3, 0.4) is 0 Å². The highest BCUT2D eigenvalue weighted by molar-refractivity contribution is 6.30. The lowest BCUT2D eigenvalue weighted by molar-refractivity contribution is 0.190. The monoisotopic (exact) mass is 477 g/mol. The molecular formula is C26H24ClN3O4. The summed E-state index contributed by atoms with van der Waals surface area (Å²) in [5.74, 6) is 2.07. The number of nitrogens with one attached hydrogen (secondary N) is 1. The van der Waals surface area contributed by atoms with Crippen LogP contribution in [0.15, 0.2) is 65.8 Å². The van der Waals surface area contributed by atoms with E-state index in [1.54, 1.807) is 45.6 Å². The third-order valence-corrected chi connectivity index (χ3v) is 6.55. The second-order valence-corrected chi connectivity index (χ2v) is 8.60. The van der Waals surface area contributed by atoms with Crippen molar-refractivity contribution in [3.05, 3.63) is 82.4 Å². The van der Waals surface area contributed by atoms with Crippen molar-refractivity contribution in [2.24, 2.45) is 11.0 Å². The van der Waals surface area contributed by atoms with Crippen LogP contribution in [-0.2, 0) is 6.42 Å². The summed E-state index contributed by atoms with van der Waals surface area (Å²) in [7, 11) is 4.87. The van der Waals surface area contributed by atoms with Gasteiger partial charge in [0, 0.05) is 22.2 Å². The molecule has 1 N–H and O–H groups in total. The summed E-state index contributed by atoms with van der Waals surface area (Å²) in [6, 6.07) is 18.1. The number of methoxy groups -OCH3 is 3. The van der Waals surface area contributed by atoms with Crippen molar-refractivity contribution in [2.45, 2.75) is 12.5 Å². The van der Waals surface area contributed by atoms with E-state index in [1.807, 2.05) is 36.4 Å². The minimum atomic E-state index is -0.313. The number of hydrazone groups is 1. The summed E-state index contributed by atoms with van der Waals surface area (Å²) in [5, 5.41) is 9.90. The number of halogens is 1. The zero-order valence-electron chi connectivity index (χ0n) is 19.0. The number of amides is 2. The predicted octanol–water partition coefficient (Wildman–Crippen LogP) is 5.53. The highest BCUT2D eigenvalue weighted by Crippen LogP contribution is 2.47. The van der Waals surface area contributed by atoms with Gasteiger partial charge in [-0.15, -0.1) is 0 Å². The SMILES string of the molecule is COc1ccc(C2C3Cc4cc(OC)c(OC)cc4C3=NN2C(=O)Nc2ccc(Cl)cc2)cc1. The van der Waals surface area contributed by atoms with Crippen LogP contribution < -0.4 is 19.5 Å². The lowest BCUT2D eigenvalue weighted by Gasteiger charge is -2.26. The standard InChI is InChI=1S/C26H24ClN3O4/c1-32-19-10-4-15(5-11-19)25-21-12-16-13-22(33-2)23(34-3)14-20(16)24(21)29-30(25)26(31)28-18-8-6-17(27)7-9-18/h4-11,13-14,21,25H,12H2,1-3H3,(H,28,31). The van der Waals surface area contributed by atoms with E-state index in [4.69, 9.17) is 30.9 Å². The summed E-state index contributed by atoms with van der Waals surface area (Å²) >= 11 is 5.99. The molecule has 8 heteroatoms. The van der Waals surface area contributed by atoms with Crippen molar-refractivity contribution in [2.75, 3.05) is 26.6 Å². The maximum Gasteiger partial charge on any atom is 0.342 e. The van der Waals surface area contributed by atoms with Gasteiger partial charge >= 0.3 is 6.03 Å². The highest BCUT2D eigenvalue weighted by atomic mass is 35.5. The maximum atomic E-state index is 13.4. The first kappa shape index (κ1) is 22.1. The van der Waals surface area contributed by atoms with Crippen LogP contribution in [0.4, 0.5) is 10.5 Å². The molecule has 3 aromatic rings. The van der Waals surface area contributed by atoms with E-state index in [-0.39, 0.29) is 18.0 Å². The fourth-order valence-electron chi connectivity index (χ4n) is 4.66. The average molecular weight is 478 g/mol. The molecule has 2 amide bonds. The second-order valence-electron chi connectivity index (χ2n) is 8.16. The van der Waals surface area contributed by atoms with Crippen LogP contribution in [0, 0.1) is 5.92 Å². The molecule has 1 heterocycles. The topological polar surface area (TPSA) is 72.4 Å². The Balaban J connectivity index is 1.54. The van der Waals surface area contributed by atoms with E-state index in [2.05, 4.69) is 5.32 Å². The molecule has 0 aromatic heterocycles. The Morgan fingerprint density at radius 3 is 2.29 bits per heavy atom. The van der Waals surface area contributed by atoms with E-state index in [0.717, 1.165) is 34.6 Å².